The first-order valence-electron chi connectivity index (χ1n) is 8.92. The Kier molecular flexibility index (Phi) is 4.10. The first-order valence-corrected chi connectivity index (χ1v) is 8.92. The van der Waals surface area contributed by atoms with Crippen LogP contribution in [0.3, 0.4) is 0 Å². The lowest BCUT2D eigenvalue weighted by atomic mass is 10.1. The van der Waals surface area contributed by atoms with Crippen molar-refractivity contribution < 1.29 is 4.79 Å². The molecule has 4 rings (SSSR count). The van der Waals surface area contributed by atoms with Crippen LogP contribution in [0, 0.1) is 6.92 Å². The zero-order chi connectivity index (χ0) is 16.5. The second kappa shape index (κ2) is 6.40. The van der Waals surface area contributed by atoms with Gasteiger partial charge < -0.3 is 10.6 Å². The molecular weight excluding hydrogens is 300 g/mol. The van der Waals surface area contributed by atoms with Gasteiger partial charge in [-0.3, -0.25) is 4.79 Å². The predicted molar refractivity (Wildman–Crippen MR) is 93.7 cm³/mol. The SMILES string of the molecule is Cc1ccccc1-n1nc(C(=O)NC2CCCNC2)c2c1CCC2. The molecule has 1 aliphatic heterocycles. The molecule has 2 N–H and O–H groups in total. The molecule has 1 unspecified atom stereocenters. The number of para-hydroxylation sites is 1. The number of amides is 1. The minimum Gasteiger partial charge on any atom is -0.347 e. The normalized spacial score (nSPS) is 20.0. The van der Waals surface area contributed by atoms with Gasteiger partial charge in [0.15, 0.2) is 5.69 Å². The Morgan fingerprint density at radius 1 is 1.29 bits per heavy atom. The van der Waals surface area contributed by atoms with Crippen LogP contribution in [-0.2, 0) is 12.8 Å². The van der Waals surface area contributed by atoms with Crippen molar-refractivity contribution in [1.29, 1.82) is 0 Å². The van der Waals surface area contributed by atoms with E-state index in [2.05, 4.69) is 29.7 Å². The molecule has 1 atom stereocenters. The van der Waals surface area contributed by atoms with Crippen LogP contribution in [0.4, 0.5) is 0 Å². The number of carbonyl (C=O) groups is 1. The number of rotatable bonds is 3. The van der Waals surface area contributed by atoms with Gasteiger partial charge in [-0.2, -0.15) is 5.10 Å². The molecule has 5 nitrogen and oxygen atoms in total. The highest BCUT2D eigenvalue weighted by atomic mass is 16.2. The van der Waals surface area contributed by atoms with E-state index in [1.807, 2.05) is 16.8 Å². The van der Waals surface area contributed by atoms with Gasteiger partial charge in [-0.15, -0.1) is 0 Å². The van der Waals surface area contributed by atoms with E-state index in [9.17, 15) is 4.79 Å². The Hall–Kier alpha value is -2.14. The fourth-order valence-corrected chi connectivity index (χ4v) is 3.85. The second-order valence-corrected chi connectivity index (χ2v) is 6.84. The van der Waals surface area contributed by atoms with E-state index in [-0.39, 0.29) is 11.9 Å². The number of nitrogens with one attached hydrogen (secondary N) is 2. The Bertz CT molecular complexity index is 759. The lowest BCUT2D eigenvalue weighted by Gasteiger charge is -2.23. The first kappa shape index (κ1) is 15.4. The molecule has 1 amide bonds. The quantitative estimate of drug-likeness (QED) is 0.909. The van der Waals surface area contributed by atoms with Crippen molar-refractivity contribution in [3.05, 3.63) is 46.8 Å². The van der Waals surface area contributed by atoms with Crippen LogP contribution < -0.4 is 10.6 Å². The summed E-state index contributed by atoms with van der Waals surface area (Å²) in [5.74, 6) is -0.0193. The first-order chi connectivity index (χ1) is 11.7. The number of hydrogen-bond acceptors (Lipinski definition) is 3. The second-order valence-electron chi connectivity index (χ2n) is 6.84. The maximum absolute atomic E-state index is 12.8. The smallest absolute Gasteiger partial charge is 0.272 e. The average Bonchev–Trinajstić information content (AvgIpc) is 3.19. The van der Waals surface area contributed by atoms with Crippen LogP contribution >= 0.6 is 0 Å². The number of hydrogen-bond donors (Lipinski definition) is 2. The number of piperidine rings is 1. The average molecular weight is 324 g/mol. The highest BCUT2D eigenvalue weighted by molar-refractivity contribution is 5.94. The Balaban J connectivity index is 1.66. The minimum absolute atomic E-state index is 0.0193. The summed E-state index contributed by atoms with van der Waals surface area (Å²) in [5.41, 5.74) is 5.22. The van der Waals surface area contributed by atoms with Crippen LogP contribution in [-0.4, -0.2) is 34.8 Å². The molecule has 126 valence electrons. The zero-order valence-electron chi connectivity index (χ0n) is 14.1. The number of nitrogens with zero attached hydrogens (tertiary/aromatic N) is 2. The standard InChI is InChI=1S/C19H24N4O/c1-13-6-2-3-9-16(13)23-17-10-4-8-15(17)18(22-23)19(24)21-14-7-5-11-20-12-14/h2-3,6,9,14,20H,4-5,7-8,10-12H2,1H3,(H,21,24). The summed E-state index contributed by atoms with van der Waals surface area (Å²) in [6.07, 6.45) is 5.20. The Morgan fingerprint density at radius 2 is 2.17 bits per heavy atom. The third-order valence-electron chi connectivity index (χ3n) is 5.12. The molecule has 0 spiro atoms. The summed E-state index contributed by atoms with van der Waals surface area (Å²) < 4.78 is 1.99. The molecule has 1 aromatic carbocycles. The van der Waals surface area contributed by atoms with Gasteiger partial charge in [0.05, 0.1) is 5.69 Å². The molecule has 0 radical (unpaired) electrons. The third-order valence-corrected chi connectivity index (χ3v) is 5.12. The molecule has 1 aromatic heterocycles. The van der Waals surface area contributed by atoms with E-state index in [1.165, 1.54) is 11.3 Å². The highest BCUT2D eigenvalue weighted by Gasteiger charge is 2.28. The number of aryl methyl sites for hydroxylation is 1. The lowest BCUT2D eigenvalue weighted by molar-refractivity contribution is 0.0924. The Morgan fingerprint density at radius 3 is 2.96 bits per heavy atom. The van der Waals surface area contributed by atoms with Crippen LogP contribution in [0.2, 0.25) is 0 Å². The molecule has 5 heteroatoms. The maximum atomic E-state index is 12.8. The van der Waals surface area contributed by atoms with E-state index in [1.54, 1.807) is 0 Å². The van der Waals surface area contributed by atoms with Crippen molar-refractivity contribution in [1.82, 2.24) is 20.4 Å². The van der Waals surface area contributed by atoms with Gasteiger partial charge in [0.1, 0.15) is 0 Å². The van der Waals surface area contributed by atoms with Gasteiger partial charge in [0.2, 0.25) is 0 Å². The molecule has 1 aliphatic carbocycles. The van der Waals surface area contributed by atoms with E-state index >= 15 is 0 Å². The van der Waals surface area contributed by atoms with Gasteiger partial charge in [0.25, 0.3) is 5.91 Å². The van der Waals surface area contributed by atoms with Crippen LogP contribution in [0.5, 0.6) is 0 Å². The van der Waals surface area contributed by atoms with E-state index < -0.39 is 0 Å². The number of carbonyl (C=O) groups excluding carboxylic acids is 1. The van der Waals surface area contributed by atoms with E-state index in [4.69, 9.17) is 5.10 Å². The topological polar surface area (TPSA) is 59.0 Å². The molecule has 1 fully saturated rings. The van der Waals surface area contributed by atoms with Crippen molar-refractivity contribution in [3.8, 4) is 5.69 Å². The van der Waals surface area contributed by atoms with E-state index in [0.29, 0.717) is 5.69 Å². The number of aromatic nitrogens is 2. The van der Waals surface area contributed by atoms with Crippen LogP contribution in [0.15, 0.2) is 24.3 Å². The zero-order valence-corrected chi connectivity index (χ0v) is 14.1. The molecule has 24 heavy (non-hydrogen) atoms. The highest BCUT2D eigenvalue weighted by Crippen LogP contribution is 2.28. The van der Waals surface area contributed by atoms with Gasteiger partial charge in [-0.05, 0) is 57.2 Å². The third kappa shape index (κ3) is 2.73. The van der Waals surface area contributed by atoms with Gasteiger partial charge in [0, 0.05) is 23.8 Å². The maximum Gasteiger partial charge on any atom is 0.272 e. The number of fused-ring (bicyclic) bond motifs is 1. The fourth-order valence-electron chi connectivity index (χ4n) is 3.85. The molecule has 0 bridgehead atoms. The van der Waals surface area contributed by atoms with Crippen molar-refractivity contribution in [2.45, 2.75) is 45.1 Å². The summed E-state index contributed by atoms with van der Waals surface area (Å²) in [6.45, 7) is 3.99. The van der Waals surface area contributed by atoms with Crippen molar-refractivity contribution in [2.75, 3.05) is 13.1 Å². The van der Waals surface area contributed by atoms with E-state index in [0.717, 1.165) is 56.4 Å². The minimum atomic E-state index is -0.0193. The summed E-state index contributed by atoms with van der Waals surface area (Å²) in [7, 11) is 0. The molecule has 2 aromatic rings. The molecule has 0 saturated carbocycles. The predicted octanol–water partition coefficient (Wildman–Crippen LogP) is 2.15. The van der Waals surface area contributed by atoms with Gasteiger partial charge in [-0.1, -0.05) is 18.2 Å². The largest absolute Gasteiger partial charge is 0.347 e. The van der Waals surface area contributed by atoms with Crippen LogP contribution in [0.25, 0.3) is 5.69 Å². The molecule has 2 heterocycles. The van der Waals surface area contributed by atoms with Crippen molar-refractivity contribution >= 4 is 5.91 Å². The number of benzene rings is 1. The molecule has 1 saturated heterocycles. The van der Waals surface area contributed by atoms with Gasteiger partial charge >= 0.3 is 0 Å². The summed E-state index contributed by atoms with van der Waals surface area (Å²) >= 11 is 0. The summed E-state index contributed by atoms with van der Waals surface area (Å²) in [6, 6.07) is 8.44. The summed E-state index contributed by atoms with van der Waals surface area (Å²) in [4.78, 5) is 12.8. The lowest BCUT2D eigenvalue weighted by Crippen LogP contribution is -2.45. The Labute approximate surface area is 142 Å². The fraction of sp³-hybridized carbons (Fsp3) is 0.474. The van der Waals surface area contributed by atoms with Crippen molar-refractivity contribution in [2.24, 2.45) is 0 Å². The summed E-state index contributed by atoms with van der Waals surface area (Å²) in [5, 5.41) is 11.2. The molecular formula is C19H24N4O. The van der Waals surface area contributed by atoms with Crippen LogP contribution in [0.1, 0.15) is 46.6 Å². The van der Waals surface area contributed by atoms with Crippen molar-refractivity contribution in [3.63, 3.8) is 0 Å². The monoisotopic (exact) mass is 324 g/mol. The van der Waals surface area contributed by atoms with Gasteiger partial charge in [-0.25, -0.2) is 4.68 Å². The molecule has 2 aliphatic rings.